The summed E-state index contributed by atoms with van der Waals surface area (Å²) < 4.78 is 33.7. The first-order valence-electron chi connectivity index (χ1n) is 9.06. The molecule has 0 bridgehead atoms. The van der Waals surface area contributed by atoms with Crippen LogP contribution in [-0.2, 0) is 20.0 Å². The summed E-state index contributed by atoms with van der Waals surface area (Å²) in [6.07, 6.45) is -2.10. The second-order valence-corrected chi connectivity index (χ2v) is 6.61. The van der Waals surface area contributed by atoms with E-state index in [1.54, 1.807) is 42.8 Å². The first-order valence-corrected chi connectivity index (χ1v) is 9.06. The molecule has 28 heavy (non-hydrogen) atoms. The van der Waals surface area contributed by atoms with Crippen LogP contribution < -0.4 is 10.3 Å². The van der Waals surface area contributed by atoms with E-state index < -0.39 is 18.6 Å². The second-order valence-electron chi connectivity index (χ2n) is 6.61. The smallest absolute Gasteiger partial charge is 0.272 e. The number of hydrogen-bond acceptors (Lipinski definition) is 3. The largest absolute Gasteiger partial charge is 0.485 e. The Balaban J connectivity index is 2.14. The zero-order chi connectivity index (χ0) is 20.4. The highest BCUT2D eigenvalue weighted by molar-refractivity contribution is 5.96. The van der Waals surface area contributed by atoms with Gasteiger partial charge in [-0.2, -0.15) is 0 Å². The number of halogens is 2. The Labute approximate surface area is 161 Å². The number of ether oxygens (including phenoxy) is 1. The van der Waals surface area contributed by atoms with Crippen LogP contribution in [0.1, 0.15) is 28.7 Å². The number of carbonyl (C=O) groups excluding carboxylic acids is 1. The van der Waals surface area contributed by atoms with Gasteiger partial charge in [-0.3, -0.25) is 9.59 Å². The van der Waals surface area contributed by atoms with E-state index in [1.165, 1.54) is 4.57 Å². The molecule has 0 aliphatic carbocycles. The number of hydrogen-bond donors (Lipinski definition) is 0. The maximum absolute atomic E-state index is 13.2. The molecule has 3 aromatic rings. The lowest BCUT2D eigenvalue weighted by molar-refractivity contribution is 0.0822. The van der Waals surface area contributed by atoms with E-state index in [-0.39, 0.29) is 23.5 Å². The van der Waals surface area contributed by atoms with Crippen molar-refractivity contribution in [3.8, 4) is 5.75 Å². The van der Waals surface area contributed by atoms with Gasteiger partial charge in [0.15, 0.2) is 11.5 Å². The Morgan fingerprint density at radius 3 is 2.50 bits per heavy atom. The molecule has 0 fully saturated rings. The Kier molecular flexibility index (Phi) is 5.63. The number of aryl methyl sites for hydroxylation is 2. The van der Waals surface area contributed by atoms with Gasteiger partial charge in [0.2, 0.25) is 0 Å². The lowest BCUT2D eigenvalue weighted by Gasteiger charge is -2.13. The van der Waals surface area contributed by atoms with Crippen LogP contribution in [0, 0.1) is 6.92 Å². The molecule has 148 valence electrons. The standard InChI is InChI=1S/C21H22F2N2O3/c1-4-15-10-16-19(20(13(2)24(16)3)28-12-18(22)23)21(27)25(15)11-17(26)14-8-6-5-7-9-14/h5-10,18H,4,11-12H2,1-3H3. The van der Waals surface area contributed by atoms with Crippen LogP contribution in [0.4, 0.5) is 8.78 Å². The van der Waals surface area contributed by atoms with Crippen LogP contribution in [0.25, 0.3) is 10.9 Å². The number of Topliss-reactive ketones (excluding diaryl/α,β-unsaturated/α-hetero) is 1. The molecule has 0 N–H and O–H groups in total. The highest BCUT2D eigenvalue weighted by Gasteiger charge is 2.22. The van der Waals surface area contributed by atoms with Crippen molar-refractivity contribution in [1.29, 1.82) is 0 Å². The van der Waals surface area contributed by atoms with E-state index >= 15 is 0 Å². The van der Waals surface area contributed by atoms with Gasteiger partial charge in [-0.15, -0.1) is 0 Å². The Morgan fingerprint density at radius 1 is 1.21 bits per heavy atom. The van der Waals surface area contributed by atoms with Crippen molar-refractivity contribution in [2.45, 2.75) is 33.2 Å². The Bertz CT molecular complexity index is 1070. The number of benzene rings is 1. The number of fused-ring (bicyclic) bond motifs is 1. The fourth-order valence-corrected chi connectivity index (χ4v) is 3.32. The highest BCUT2D eigenvalue weighted by Crippen LogP contribution is 2.30. The molecule has 2 heterocycles. The summed E-state index contributed by atoms with van der Waals surface area (Å²) in [5.41, 5.74) is 1.98. The van der Waals surface area contributed by atoms with Gasteiger partial charge >= 0.3 is 0 Å². The van der Waals surface area contributed by atoms with Gasteiger partial charge in [0.1, 0.15) is 12.0 Å². The van der Waals surface area contributed by atoms with Crippen LogP contribution in [0.5, 0.6) is 5.75 Å². The maximum atomic E-state index is 13.2. The second kappa shape index (κ2) is 7.96. The molecule has 0 unspecified atom stereocenters. The molecule has 0 aliphatic heterocycles. The van der Waals surface area contributed by atoms with Gasteiger partial charge in [-0.25, -0.2) is 8.78 Å². The van der Waals surface area contributed by atoms with E-state index in [2.05, 4.69) is 0 Å². The summed E-state index contributed by atoms with van der Waals surface area (Å²) in [4.78, 5) is 25.9. The molecule has 3 rings (SSSR count). The summed E-state index contributed by atoms with van der Waals surface area (Å²) in [7, 11) is 1.76. The summed E-state index contributed by atoms with van der Waals surface area (Å²) in [6.45, 7) is 2.70. The number of pyridine rings is 1. The van der Waals surface area contributed by atoms with E-state index in [0.29, 0.717) is 28.9 Å². The quantitative estimate of drug-likeness (QED) is 0.580. The molecule has 0 atom stereocenters. The summed E-state index contributed by atoms with van der Waals surface area (Å²) in [5.74, 6) is -0.0502. The minimum Gasteiger partial charge on any atom is -0.485 e. The fraction of sp³-hybridized carbons (Fsp3) is 0.333. The summed E-state index contributed by atoms with van der Waals surface area (Å²) in [5, 5.41) is 0.221. The predicted octanol–water partition coefficient (Wildman–Crippen LogP) is 3.74. The lowest BCUT2D eigenvalue weighted by Crippen LogP contribution is -2.27. The van der Waals surface area contributed by atoms with E-state index in [9.17, 15) is 18.4 Å². The predicted molar refractivity (Wildman–Crippen MR) is 104 cm³/mol. The molecule has 1 aromatic carbocycles. The molecule has 5 nitrogen and oxygen atoms in total. The van der Waals surface area contributed by atoms with Gasteiger partial charge in [0.25, 0.3) is 12.0 Å². The Morgan fingerprint density at radius 2 is 1.89 bits per heavy atom. The molecule has 2 aromatic heterocycles. The van der Waals surface area contributed by atoms with Crippen LogP contribution in [0.2, 0.25) is 0 Å². The molecule has 0 spiro atoms. The minimum absolute atomic E-state index is 0.121. The topological polar surface area (TPSA) is 53.2 Å². The molecule has 7 heteroatoms. The number of nitrogens with zero attached hydrogens (tertiary/aromatic N) is 2. The lowest BCUT2D eigenvalue weighted by atomic mass is 10.1. The average Bonchev–Trinajstić information content (AvgIpc) is 2.93. The number of ketones is 1. The molecular formula is C21H22F2N2O3. The monoisotopic (exact) mass is 388 g/mol. The number of rotatable bonds is 7. The third-order valence-electron chi connectivity index (χ3n) is 4.90. The summed E-state index contributed by atoms with van der Waals surface area (Å²) in [6, 6.07) is 10.5. The van der Waals surface area contributed by atoms with E-state index in [0.717, 1.165) is 0 Å². The summed E-state index contributed by atoms with van der Waals surface area (Å²) >= 11 is 0. The van der Waals surface area contributed by atoms with Crippen molar-refractivity contribution in [1.82, 2.24) is 9.13 Å². The van der Waals surface area contributed by atoms with Crippen molar-refractivity contribution in [3.05, 3.63) is 63.7 Å². The first kappa shape index (κ1) is 19.8. The van der Waals surface area contributed by atoms with Crippen molar-refractivity contribution in [2.75, 3.05) is 6.61 Å². The minimum atomic E-state index is -2.65. The molecular weight excluding hydrogens is 366 g/mol. The zero-order valence-corrected chi connectivity index (χ0v) is 16.0. The van der Waals surface area contributed by atoms with Gasteiger partial charge in [-0.1, -0.05) is 37.3 Å². The van der Waals surface area contributed by atoms with Gasteiger partial charge in [0, 0.05) is 18.3 Å². The zero-order valence-electron chi connectivity index (χ0n) is 16.0. The third-order valence-corrected chi connectivity index (χ3v) is 4.90. The SMILES string of the molecule is CCc1cc2c(c(OCC(F)F)c(C)n2C)c(=O)n1CC(=O)c1ccccc1. The van der Waals surface area contributed by atoms with Gasteiger partial charge in [0.05, 0.1) is 17.8 Å². The highest BCUT2D eigenvalue weighted by atomic mass is 19.3. The normalized spacial score (nSPS) is 11.4. The number of aromatic nitrogens is 2. The Hall–Kier alpha value is -2.96. The molecule has 0 saturated heterocycles. The van der Waals surface area contributed by atoms with Crippen LogP contribution >= 0.6 is 0 Å². The van der Waals surface area contributed by atoms with Crippen molar-refractivity contribution in [3.63, 3.8) is 0 Å². The first-order chi connectivity index (χ1) is 13.3. The van der Waals surface area contributed by atoms with Gasteiger partial charge < -0.3 is 13.9 Å². The van der Waals surface area contributed by atoms with Crippen molar-refractivity contribution < 1.29 is 18.3 Å². The molecule has 0 radical (unpaired) electrons. The van der Waals surface area contributed by atoms with Crippen molar-refractivity contribution >= 4 is 16.7 Å². The molecule has 0 saturated carbocycles. The van der Waals surface area contributed by atoms with Crippen LogP contribution in [0.15, 0.2) is 41.2 Å². The molecule has 0 aliphatic rings. The van der Waals surface area contributed by atoms with Crippen LogP contribution in [0.3, 0.4) is 0 Å². The average molecular weight is 388 g/mol. The van der Waals surface area contributed by atoms with E-state index in [1.807, 2.05) is 19.1 Å². The van der Waals surface area contributed by atoms with Crippen LogP contribution in [-0.4, -0.2) is 27.9 Å². The number of carbonyl (C=O) groups is 1. The number of alkyl halides is 2. The fourth-order valence-electron chi connectivity index (χ4n) is 3.32. The molecule has 0 amide bonds. The third kappa shape index (κ3) is 3.56. The van der Waals surface area contributed by atoms with E-state index in [4.69, 9.17) is 4.74 Å². The maximum Gasteiger partial charge on any atom is 0.272 e. The van der Waals surface area contributed by atoms with Crippen molar-refractivity contribution in [2.24, 2.45) is 7.05 Å². The van der Waals surface area contributed by atoms with Gasteiger partial charge in [-0.05, 0) is 19.4 Å².